The van der Waals surface area contributed by atoms with Crippen molar-refractivity contribution in [3.8, 4) is 0 Å². The van der Waals surface area contributed by atoms with Gasteiger partial charge in [-0.3, -0.25) is 4.79 Å². The first kappa shape index (κ1) is 10.9. The standard InChI is InChI=1S/C9H17NO2S/c1-10-8(7-3-4-7)5-13-6-9(11)12-2/h7-8,10H,3-6H2,1-2H3. The van der Waals surface area contributed by atoms with E-state index in [1.54, 1.807) is 11.8 Å². The second-order valence-corrected chi connectivity index (χ2v) is 4.35. The maximum absolute atomic E-state index is 10.8. The van der Waals surface area contributed by atoms with Crippen molar-refractivity contribution in [3.05, 3.63) is 0 Å². The summed E-state index contributed by atoms with van der Waals surface area (Å²) >= 11 is 1.65. The molecule has 0 saturated heterocycles. The Morgan fingerprint density at radius 1 is 1.69 bits per heavy atom. The van der Waals surface area contributed by atoms with Gasteiger partial charge in [-0.05, 0) is 25.8 Å². The quantitative estimate of drug-likeness (QED) is 0.651. The topological polar surface area (TPSA) is 38.3 Å². The lowest BCUT2D eigenvalue weighted by Crippen LogP contribution is -2.30. The molecule has 1 fully saturated rings. The van der Waals surface area contributed by atoms with Crippen molar-refractivity contribution in [1.82, 2.24) is 5.32 Å². The molecule has 0 heterocycles. The Hall–Kier alpha value is -0.220. The summed E-state index contributed by atoms with van der Waals surface area (Å²) in [5.41, 5.74) is 0. The molecule has 13 heavy (non-hydrogen) atoms. The van der Waals surface area contributed by atoms with Crippen LogP contribution in [0.4, 0.5) is 0 Å². The first-order chi connectivity index (χ1) is 6.27. The van der Waals surface area contributed by atoms with E-state index >= 15 is 0 Å². The van der Waals surface area contributed by atoms with E-state index in [9.17, 15) is 4.79 Å². The first-order valence-electron chi connectivity index (χ1n) is 4.59. The Bertz CT molecular complexity index is 171. The van der Waals surface area contributed by atoms with Crippen LogP contribution < -0.4 is 5.32 Å². The fraction of sp³-hybridized carbons (Fsp3) is 0.889. The number of methoxy groups -OCH3 is 1. The summed E-state index contributed by atoms with van der Waals surface area (Å²) in [6.45, 7) is 0. The Morgan fingerprint density at radius 3 is 2.85 bits per heavy atom. The molecule has 0 aliphatic heterocycles. The smallest absolute Gasteiger partial charge is 0.315 e. The minimum Gasteiger partial charge on any atom is -0.468 e. The molecule has 1 rings (SSSR count). The molecule has 1 aliphatic carbocycles. The number of nitrogens with one attached hydrogen (secondary N) is 1. The fourth-order valence-electron chi connectivity index (χ4n) is 1.28. The van der Waals surface area contributed by atoms with Crippen molar-refractivity contribution < 1.29 is 9.53 Å². The van der Waals surface area contributed by atoms with Crippen molar-refractivity contribution >= 4 is 17.7 Å². The van der Waals surface area contributed by atoms with Crippen LogP contribution in [0.25, 0.3) is 0 Å². The number of hydrogen-bond donors (Lipinski definition) is 1. The second-order valence-electron chi connectivity index (χ2n) is 3.32. The summed E-state index contributed by atoms with van der Waals surface area (Å²) in [4.78, 5) is 10.8. The molecule has 0 aromatic rings. The number of carbonyl (C=O) groups is 1. The SMILES string of the molecule is CNC(CSCC(=O)OC)C1CC1. The highest BCUT2D eigenvalue weighted by atomic mass is 32.2. The van der Waals surface area contributed by atoms with Crippen LogP contribution in [-0.4, -0.2) is 37.7 Å². The van der Waals surface area contributed by atoms with Crippen LogP contribution >= 0.6 is 11.8 Å². The lowest BCUT2D eigenvalue weighted by Gasteiger charge is -2.13. The normalized spacial score (nSPS) is 18.3. The third kappa shape index (κ3) is 4.00. The molecule has 0 amide bonds. The molecule has 1 saturated carbocycles. The maximum Gasteiger partial charge on any atom is 0.315 e. The van der Waals surface area contributed by atoms with Gasteiger partial charge in [-0.15, -0.1) is 11.8 Å². The molecule has 76 valence electrons. The summed E-state index contributed by atoms with van der Waals surface area (Å²) in [6.07, 6.45) is 2.68. The van der Waals surface area contributed by atoms with Crippen molar-refractivity contribution in [2.45, 2.75) is 18.9 Å². The summed E-state index contributed by atoms with van der Waals surface area (Å²) in [5.74, 6) is 2.20. The number of hydrogen-bond acceptors (Lipinski definition) is 4. The van der Waals surface area contributed by atoms with Gasteiger partial charge < -0.3 is 10.1 Å². The van der Waals surface area contributed by atoms with E-state index in [4.69, 9.17) is 0 Å². The molecule has 0 aromatic heterocycles. The van der Waals surface area contributed by atoms with Crippen molar-refractivity contribution in [2.75, 3.05) is 25.7 Å². The van der Waals surface area contributed by atoms with Gasteiger partial charge in [0.15, 0.2) is 0 Å². The largest absolute Gasteiger partial charge is 0.468 e. The lowest BCUT2D eigenvalue weighted by atomic mass is 10.2. The van der Waals surface area contributed by atoms with Gasteiger partial charge in [0, 0.05) is 11.8 Å². The lowest BCUT2D eigenvalue weighted by molar-refractivity contribution is -0.137. The summed E-state index contributed by atoms with van der Waals surface area (Å²) in [6, 6.07) is 0.578. The first-order valence-corrected chi connectivity index (χ1v) is 5.75. The van der Waals surface area contributed by atoms with Crippen LogP contribution in [0, 0.1) is 5.92 Å². The van der Waals surface area contributed by atoms with Gasteiger partial charge in [0.25, 0.3) is 0 Å². The maximum atomic E-state index is 10.8. The molecular formula is C9H17NO2S. The number of esters is 1. The molecule has 0 bridgehead atoms. The van der Waals surface area contributed by atoms with Gasteiger partial charge >= 0.3 is 5.97 Å². The zero-order valence-electron chi connectivity index (χ0n) is 8.21. The van der Waals surface area contributed by atoms with Crippen LogP contribution in [0.15, 0.2) is 0 Å². The molecule has 4 heteroatoms. The molecule has 3 nitrogen and oxygen atoms in total. The fourth-order valence-corrected chi connectivity index (χ4v) is 2.38. The predicted molar refractivity (Wildman–Crippen MR) is 54.9 cm³/mol. The van der Waals surface area contributed by atoms with Crippen molar-refractivity contribution in [2.24, 2.45) is 5.92 Å². The van der Waals surface area contributed by atoms with Crippen LogP contribution in [0.2, 0.25) is 0 Å². The van der Waals surface area contributed by atoms with Crippen LogP contribution in [0.1, 0.15) is 12.8 Å². The minimum absolute atomic E-state index is 0.129. The highest BCUT2D eigenvalue weighted by Gasteiger charge is 2.29. The van der Waals surface area contributed by atoms with Gasteiger partial charge in [0.2, 0.25) is 0 Å². The van der Waals surface area contributed by atoms with Crippen LogP contribution in [0.3, 0.4) is 0 Å². The number of ether oxygens (including phenoxy) is 1. The van der Waals surface area contributed by atoms with Gasteiger partial charge in [-0.2, -0.15) is 0 Å². The second kappa shape index (κ2) is 5.50. The molecule has 1 aliphatic rings. The van der Waals surface area contributed by atoms with E-state index in [1.807, 2.05) is 7.05 Å². The monoisotopic (exact) mass is 203 g/mol. The summed E-state index contributed by atoms with van der Waals surface area (Å²) < 4.78 is 4.56. The highest BCUT2D eigenvalue weighted by molar-refractivity contribution is 7.99. The Morgan fingerprint density at radius 2 is 2.38 bits per heavy atom. The van der Waals surface area contributed by atoms with E-state index in [0.29, 0.717) is 11.8 Å². The van der Waals surface area contributed by atoms with E-state index in [1.165, 1.54) is 20.0 Å². The van der Waals surface area contributed by atoms with Crippen LogP contribution in [-0.2, 0) is 9.53 Å². The third-order valence-corrected chi connectivity index (χ3v) is 3.34. The average Bonchev–Trinajstić information content (AvgIpc) is 2.95. The number of carbonyl (C=O) groups excluding carboxylic acids is 1. The van der Waals surface area contributed by atoms with Gasteiger partial charge in [-0.25, -0.2) is 0 Å². The van der Waals surface area contributed by atoms with Crippen LogP contribution in [0.5, 0.6) is 0 Å². The Kier molecular flexibility index (Phi) is 4.59. The summed E-state index contributed by atoms with van der Waals surface area (Å²) in [5, 5.41) is 3.28. The van der Waals surface area contributed by atoms with Gasteiger partial charge in [-0.1, -0.05) is 0 Å². The zero-order valence-corrected chi connectivity index (χ0v) is 9.02. The van der Waals surface area contributed by atoms with E-state index in [0.717, 1.165) is 11.7 Å². The number of thioether (sulfide) groups is 1. The molecule has 0 aromatic carbocycles. The molecule has 0 radical (unpaired) electrons. The third-order valence-electron chi connectivity index (χ3n) is 2.31. The number of rotatable bonds is 6. The molecule has 1 unspecified atom stereocenters. The van der Waals surface area contributed by atoms with Gasteiger partial charge in [0.05, 0.1) is 12.9 Å². The van der Waals surface area contributed by atoms with E-state index in [-0.39, 0.29) is 5.97 Å². The predicted octanol–water partition coefficient (Wildman–Crippen LogP) is 0.891. The van der Waals surface area contributed by atoms with Gasteiger partial charge in [0.1, 0.15) is 0 Å². The Labute approximate surface area is 83.6 Å². The zero-order chi connectivity index (χ0) is 9.68. The van der Waals surface area contributed by atoms with Crippen molar-refractivity contribution in [3.63, 3.8) is 0 Å². The molecular weight excluding hydrogens is 186 g/mol. The highest BCUT2D eigenvalue weighted by Crippen LogP contribution is 2.33. The minimum atomic E-state index is -0.129. The van der Waals surface area contributed by atoms with E-state index < -0.39 is 0 Å². The molecule has 0 spiro atoms. The molecule has 1 atom stereocenters. The van der Waals surface area contributed by atoms with Crippen molar-refractivity contribution in [1.29, 1.82) is 0 Å². The average molecular weight is 203 g/mol. The van der Waals surface area contributed by atoms with E-state index in [2.05, 4.69) is 10.1 Å². The Balaban J connectivity index is 2.05. The molecule has 1 N–H and O–H groups in total. The summed E-state index contributed by atoms with van der Waals surface area (Å²) in [7, 11) is 3.42.